The lowest BCUT2D eigenvalue weighted by atomic mass is 9.72. The van der Waals surface area contributed by atoms with Gasteiger partial charge in [-0.1, -0.05) is 29.7 Å². The van der Waals surface area contributed by atoms with Crippen molar-refractivity contribution in [3.05, 3.63) is 44.8 Å². The van der Waals surface area contributed by atoms with Gasteiger partial charge < -0.3 is 0 Å². The van der Waals surface area contributed by atoms with Crippen LogP contribution in [0.3, 0.4) is 0 Å². The van der Waals surface area contributed by atoms with E-state index in [1.807, 2.05) is 13.0 Å². The standard InChI is InChI=1S/C13H15ClN4O2S/c1-2-18-8-9-3-4-10(14)7-11(9)13(21(18,19)20)6-5-12(13)16-17-15/h3-4,7,12H,2,5-6,8H2,1H3. The zero-order valence-corrected chi connectivity index (χ0v) is 13.1. The highest BCUT2D eigenvalue weighted by molar-refractivity contribution is 7.90. The summed E-state index contributed by atoms with van der Waals surface area (Å²) in [6.07, 6.45) is 1.04. The molecule has 1 saturated carbocycles. The van der Waals surface area contributed by atoms with E-state index >= 15 is 0 Å². The maximum atomic E-state index is 13.0. The number of halogens is 1. The molecular formula is C13H15ClN4O2S. The molecule has 1 fully saturated rings. The smallest absolute Gasteiger partial charge is 0.211 e. The molecule has 1 aromatic carbocycles. The van der Waals surface area contributed by atoms with Gasteiger partial charge in [-0.2, -0.15) is 4.31 Å². The van der Waals surface area contributed by atoms with Crippen LogP contribution < -0.4 is 0 Å². The second kappa shape index (κ2) is 4.88. The zero-order valence-electron chi connectivity index (χ0n) is 11.5. The van der Waals surface area contributed by atoms with Crippen LogP contribution in [-0.2, 0) is 21.3 Å². The molecule has 0 aromatic heterocycles. The van der Waals surface area contributed by atoms with Gasteiger partial charge >= 0.3 is 0 Å². The van der Waals surface area contributed by atoms with Gasteiger partial charge in [0.1, 0.15) is 4.75 Å². The van der Waals surface area contributed by atoms with Crippen LogP contribution in [0.25, 0.3) is 10.4 Å². The molecule has 0 amide bonds. The summed E-state index contributed by atoms with van der Waals surface area (Å²) < 4.78 is 26.3. The van der Waals surface area contributed by atoms with Gasteiger partial charge in [0.15, 0.2) is 0 Å². The number of benzene rings is 1. The highest BCUT2D eigenvalue weighted by atomic mass is 35.5. The largest absolute Gasteiger partial charge is 0.224 e. The molecule has 1 aromatic rings. The number of rotatable bonds is 2. The maximum absolute atomic E-state index is 13.0. The first kappa shape index (κ1) is 14.7. The third kappa shape index (κ3) is 1.82. The highest BCUT2D eigenvalue weighted by Crippen LogP contribution is 2.55. The van der Waals surface area contributed by atoms with Gasteiger partial charge in [-0.05, 0) is 41.6 Å². The van der Waals surface area contributed by atoms with Gasteiger partial charge in [0.2, 0.25) is 10.0 Å². The van der Waals surface area contributed by atoms with E-state index in [9.17, 15) is 8.42 Å². The molecule has 8 heteroatoms. The predicted molar refractivity (Wildman–Crippen MR) is 80.3 cm³/mol. The number of azide groups is 1. The molecule has 0 radical (unpaired) electrons. The van der Waals surface area contributed by atoms with Crippen LogP contribution in [0.1, 0.15) is 30.9 Å². The van der Waals surface area contributed by atoms with E-state index in [0.29, 0.717) is 36.5 Å². The van der Waals surface area contributed by atoms with Crippen molar-refractivity contribution in [1.29, 1.82) is 0 Å². The van der Waals surface area contributed by atoms with Gasteiger partial charge in [-0.25, -0.2) is 8.42 Å². The summed E-state index contributed by atoms with van der Waals surface area (Å²) in [6, 6.07) is 4.77. The third-order valence-electron chi connectivity index (χ3n) is 4.55. The van der Waals surface area contributed by atoms with Crippen LogP contribution in [0.4, 0.5) is 0 Å². The Kier molecular flexibility index (Phi) is 3.41. The Morgan fingerprint density at radius 3 is 2.90 bits per heavy atom. The molecule has 1 spiro atoms. The van der Waals surface area contributed by atoms with Gasteiger partial charge in [0.25, 0.3) is 0 Å². The first-order chi connectivity index (χ1) is 9.97. The van der Waals surface area contributed by atoms with Crippen molar-refractivity contribution in [3.63, 3.8) is 0 Å². The van der Waals surface area contributed by atoms with Crippen LogP contribution in [0.15, 0.2) is 23.3 Å². The van der Waals surface area contributed by atoms with Crippen LogP contribution in [0.5, 0.6) is 0 Å². The van der Waals surface area contributed by atoms with E-state index in [1.54, 1.807) is 12.1 Å². The van der Waals surface area contributed by atoms with Crippen LogP contribution in [-0.4, -0.2) is 25.3 Å². The average Bonchev–Trinajstić information content (AvgIpc) is 2.42. The lowest BCUT2D eigenvalue weighted by molar-refractivity contribution is 0.247. The van der Waals surface area contributed by atoms with E-state index < -0.39 is 20.8 Å². The highest BCUT2D eigenvalue weighted by Gasteiger charge is 2.61. The lowest BCUT2D eigenvalue weighted by Gasteiger charge is -2.52. The van der Waals surface area contributed by atoms with Crippen molar-refractivity contribution < 1.29 is 8.42 Å². The van der Waals surface area contributed by atoms with Gasteiger partial charge in [0, 0.05) is 23.0 Å². The topological polar surface area (TPSA) is 86.1 Å². The molecule has 1 aliphatic heterocycles. The molecule has 2 aliphatic rings. The van der Waals surface area contributed by atoms with Gasteiger partial charge in [-0.3, -0.25) is 0 Å². The van der Waals surface area contributed by atoms with Crippen molar-refractivity contribution in [1.82, 2.24) is 4.31 Å². The summed E-state index contributed by atoms with van der Waals surface area (Å²) in [5, 5.41) is 4.23. The van der Waals surface area contributed by atoms with E-state index in [-0.39, 0.29) is 0 Å². The molecular weight excluding hydrogens is 312 g/mol. The van der Waals surface area contributed by atoms with E-state index in [2.05, 4.69) is 10.0 Å². The predicted octanol–water partition coefficient (Wildman–Crippen LogP) is 3.17. The Balaban J connectivity index is 2.29. The van der Waals surface area contributed by atoms with E-state index in [1.165, 1.54) is 4.31 Å². The molecule has 0 bridgehead atoms. The fourth-order valence-electron chi connectivity index (χ4n) is 3.37. The summed E-state index contributed by atoms with van der Waals surface area (Å²) in [7, 11) is -3.57. The number of sulfonamides is 1. The minimum absolute atomic E-state index is 0.343. The average molecular weight is 327 g/mol. The van der Waals surface area contributed by atoms with Crippen molar-refractivity contribution in [2.75, 3.05) is 6.54 Å². The Morgan fingerprint density at radius 2 is 2.33 bits per heavy atom. The van der Waals surface area contributed by atoms with Crippen molar-refractivity contribution in [2.24, 2.45) is 5.11 Å². The van der Waals surface area contributed by atoms with Gasteiger partial charge in [-0.15, -0.1) is 0 Å². The monoisotopic (exact) mass is 326 g/mol. The molecule has 1 aliphatic carbocycles. The third-order valence-corrected chi connectivity index (χ3v) is 7.46. The summed E-state index contributed by atoms with van der Waals surface area (Å²) >= 11 is 6.06. The van der Waals surface area contributed by atoms with Crippen LogP contribution >= 0.6 is 11.6 Å². The minimum Gasteiger partial charge on any atom is -0.211 e. The number of nitrogens with zero attached hydrogens (tertiary/aromatic N) is 4. The van der Waals surface area contributed by atoms with Crippen molar-refractivity contribution >= 4 is 21.6 Å². The number of hydrogen-bond acceptors (Lipinski definition) is 3. The zero-order chi connectivity index (χ0) is 15.3. The quantitative estimate of drug-likeness (QED) is 0.475. The summed E-state index contributed by atoms with van der Waals surface area (Å²) in [4.78, 5) is 2.83. The Hall–Kier alpha value is -1.27. The van der Waals surface area contributed by atoms with Crippen molar-refractivity contribution in [3.8, 4) is 0 Å². The second-order valence-corrected chi connectivity index (χ2v) is 8.01. The summed E-state index contributed by atoms with van der Waals surface area (Å²) in [6.45, 7) is 2.55. The fourth-order valence-corrected chi connectivity index (χ4v) is 6.00. The second-order valence-electron chi connectivity index (χ2n) is 5.38. The molecule has 0 N–H and O–H groups in total. The molecule has 6 nitrogen and oxygen atoms in total. The molecule has 2 unspecified atom stereocenters. The Morgan fingerprint density at radius 1 is 1.57 bits per heavy atom. The van der Waals surface area contributed by atoms with E-state index in [4.69, 9.17) is 17.1 Å². The van der Waals surface area contributed by atoms with Crippen molar-refractivity contribution in [2.45, 2.75) is 37.1 Å². The Labute approximate surface area is 128 Å². The summed E-state index contributed by atoms with van der Waals surface area (Å²) in [5.41, 5.74) is 10.4. The molecule has 21 heavy (non-hydrogen) atoms. The molecule has 112 valence electrons. The molecule has 3 rings (SSSR count). The molecule has 0 saturated heterocycles. The summed E-state index contributed by atoms with van der Waals surface area (Å²) in [5.74, 6) is 0. The van der Waals surface area contributed by atoms with E-state index in [0.717, 1.165) is 5.56 Å². The van der Waals surface area contributed by atoms with Crippen LogP contribution in [0, 0.1) is 0 Å². The minimum atomic E-state index is -3.57. The SMILES string of the molecule is CCN1Cc2ccc(Cl)cc2C2(CCC2N=[N+]=[N-])S1(=O)=O. The lowest BCUT2D eigenvalue weighted by Crippen LogP contribution is -2.60. The number of fused-ring (bicyclic) bond motifs is 2. The fraction of sp³-hybridized carbons (Fsp3) is 0.538. The first-order valence-corrected chi connectivity index (χ1v) is 8.62. The maximum Gasteiger partial charge on any atom is 0.224 e. The van der Waals surface area contributed by atoms with Gasteiger partial charge in [0.05, 0.1) is 6.04 Å². The van der Waals surface area contributed by atoms with Crippen LogP contribution in [0.2, 0.25) is 5.02 Å². The Bertz CT molecular complexity index is 745. The normalized spacial score (nSPS) is 30.3. The molecule has 2 atom stereocenters. The molecule has 1 heterocycles. The number of hydrogen-bond donors (Lipinski definition) is 0. The first-order valence-electron chi connectivity index (χ1n) is 6.80.